The Morgan fingerprint density at radius 2 is 1.27 bits per heavy atom. The predicted molar refractivity (Wildman–Crippen MR) is 88.5 cm³/mol. The zero-order valence-electron chi connectivity index (χ0n) is 13.8. The number of amides is 1. The van der Waals surface area contributed by atoms with Crippen LogP contribution in [0.4, 0.5) is 0 Å². The average Bonchev–Trinajstić information content (AvgIpc) is 2.48. The lowest BCUT2D eigenvalue weighted by Crippen LogP contribution is -2.33. The van der Waals surface area contributed by atoms with Gasteiger partial charge in [0.1, 0.15) is 0 Å². The predicted octanol–water partition coefficient (Wildman–Crippen LogP) is 1.72. The van der Waals surface area contributed by atoms with Gasteiger partial charge in [0.2, 0.25) is 5.91 Å². The Morgan fingerprint density at radius 1 is 0.727 bits per heavy atom. The molecule has 22 heavy (non-hydrogen) atoms. The summed E-state index contributed by atoms with van der Waals surface area (Å²) in [6.07, 6.45) is 8.33. The second-order valence-electron chi connectivity index (χ2n) is 5.68. The minimum Gasteiger partial charge on any atom is -0.481 e. The van der Waals surface area contributed by atoms with Crippen molar-refractivity contribution in [2.45, 2.75) is 64.2 Å². The second-order valence-corrected chi connectivity index (χ2v) is 5.68. The first-order chi connectivity index (χ1) is 10.6. The van der Waals surface area contributed by atoms with Gasteiger partial charge >= 0.3 is 5.97 Å². The number of nitrogens with zero attached hydrogens (tertiary/aromatic N) is 1. The third kappa shape index (κ3) is 12.6. The third-order valence-corrected chi connectivity index (χ3v) is 3.65. The molecule has 0 aromatic heterocycles. The Bertz CT molecular complexity index is 298. The van der Waals surface area contributed by atoms with E-state index in [9.17, 15) is 9.59 Å². The Balaban J connectivity index is 3.90. The maximum Gasteiger partial charge on any atom is 0.303 e. The summed E-state index contributed by atoms with van der Waals surface area (Å²) in [6, 6.07) is 0. The van der Waals surface area contributed by atoms with Gasteiger partial charge in [-0.15, -0.1) is 0 Å². The molecule has 0 unspecified atom stereocenters. The van der Waals surface area contributed by atoms with Crippen LogP contribution in [-0.4, -0.2) is 48.1 Å². The summed E-state index contributed by atoms with van der Waals surface area (Å²) in [5.74, 6) is -0.795. The molecular weight excluding hydrogens is 282 g/mol. The molecule has 0 aliphatic carbocycles. The van der Waals surface area contributed by atoms with Crippen molar-refractivity contribution in [3.63, 3.8) is 0 Å². The van der Waals surface area contributed by atoms with E-state index < -0.39 is 5.97 Å². The fourth-order valence-corrected chi connectivity index (χ4v) is 2.35. The van der Waals surface area contributed by atoms with Gasteiger partial charge in [-0.3, -0.25) is 9.59 Å². The molecule has 0 radical (unpaired) electrons. The lowest BCUT2D eigenvalue weighted by molar-refractivity contribution is -0.137. The highest BCUT2D eigenvalue weighted by Gasteiger charge is 2.13. The molecule has 0 atom stereocenters. The van der Waals surface area contributed by atoms with Crippen LogP contribution < -0.4 is 11.5 Å². The molecule has 0 heterocycles. The molecule has 0 saturated carbocycles. The normalized spacial score (nSPS) is 10.6. The van der Waals surface area contributed by atoms with Crippen LogP contribution in [0.25, 0.3) is 0 Å². The maximum atomic E-state index is 12.1. The Hall–Kier alpha value is -1.14. The first-order valence-electron chi connectivity index (χ1n) is 8.51. The highest BCUT2D eigenvalue weighted by Crippen LogP contribution is 2.08. The fourth-order valence-electron chi connectivity index (χ4n) is 2.35. The van der Waals surface area contributed by atoms with E-state index in [0.717, 1.165) is 38.8 Å². The molecule has 6 heteroatoms. The van der Waals surface area contributed by atoms with Crippen LogP contribution in [0.3, 0.4) is 0 Å². The van der Waals surface area contributed by atoms with Crippen LogP contribution >= 0.6 is 0 Å². The SMILES string of the molecule is NCCCCCCCCN(CCCN)C(=O)CCCC(=O)O. The molecule has 0 fully saturated rings. The molecule has 130 valence electrons. The van der Waals surface area contributed by atoms with E-state index in [0.29, 0.717) is 25.9 Å². The van der Waals surface area contributed by atoms with Crippen LogP contribution in [0.5, 0.6) is 0 Å². The van der Waals surface area contributed by atoms with E-state index in [1.807, 2.05) is 4.90 Å². The van der Waals surface area contributed by atoms with E-state index in [-0.39, 0.29) is 12.3 Å². The second kappa shape index (κ2) is 14.8. The number of aliphatic carboxylic acids is 1. The summed E-state index contributed by atoms with van der Waals surface area (Å²) in [6.45, 7) is 2.76. The summed E-state index contributed by atoms with van der Waals surface area (Å²) in [5, 5.41) is 8.62. The molecule has 0 saturated heterocycles. The topological polar surface area (TPSA) is 110 Å². The van der Waals surface area contributed by atoms with Crippen molar-refractivity contribution in [2.75, 3.05) is 26.2 Å². The van der Waals surface area contributed by atoms with E-state index in [1.54, 1.807) is 0 Å². The molecule has 5 N–H and O–H groups in total. The number of hydrogen-bond acceptors (Lipinski definition) is 4. The van der Waals surface area contributed by atoms with E-state index in [1.165, 1.54) is 19.3 Å². The van der Waals surface area contributed by atoms with Crippen LogP contribution in [0.1, 0.15) is 64.2 Å². The Kier molecular flexibility index (Phi) is 14.0. The van der Waals surface area contributed by atoms with Crippen molar-refractivity contribution in [3.8, 4) is 0 Å². The van der Waals surface area contributed by atoms with Crippen LogP contribution in [0, 0.1) is 0 Å². The summed E-state index contributed by atoms with van der Waals surface area (Å²) >= 11 is 0. The average molecular weight is 315 g/mol. The van der Waals surface area contributed by atoms with Crippen LogP contribution in [-0.2, 0) is 9.59 Å². The quantitative estimate of drug-likeness (QED) is 0.399. The molecule has 0 spiro atoms. The highest BCUT2D eigenvalue weighted by molar-refractivity contribution is 5.77. The summed E-state index contributed by atoms with van der Waals surface area (Å²) in [7, 11) is 0. The van der Waals surface area contributed by atoms with Crippen LogP contribution in [0.2, 0.25) is 0 Å². The minimum absolute atomic E-state index is 0.0532. The van der Waals surface area contributed by atoms with Gasteiger partial charge < -0.3 is 21.5 Å². The lowest BCUT2D eigenvalue weighted by atomic mass is 10.1. The number of carbonyl (C=O) groups is 2. The summed E-state index contributed by atoms with van der Waals surface area (Å²) in [5.41, 5.74) is 11.0. The van der Waals surface area contributed by atoms with Crippen molar-refractivity contribution in [1.82, 2.24) is 4.90 Å². The molecule has 6 nitrogen and oxygen atoms in total. The Morgan fingerprint density at radius 3 is 1.86 bits per heavy atom. The number of carboxylic acid groups (broad SMARTS) is 1. The first-order valence-corrected chi connectivity index (χ1v) is 8.51. The zero-order chi connectivity index (χ0) is 16.6. The molecule has 0 bridgehead atoms. The lowest BCUT2D eigenvalue weighted by Gasteiger charge is -2.22. The molecule has 1 amide bonds. The van der Waals surface area contributed by atoms with Crippen molar-refractivity contribution in [1.29, 1.82) is 0 Å². The fraction of sp³-hybridized carbons (Fsp3) is 0.875. The van der Waals surface area contributed by atoms with Crippen molar-refractivity contribution in [3.05, 3.63) is 0 Å². The monoisotopic (exact) mass is 315 g/mol. The number of rotatable bonds is 15. The standard InChI is InChI=1S/C16H33N3O3/c17-11-5-3-1-2-4-6-13-19(14-8-12-18)15(20)9-7-10-16(21)22/h1-14,17-18H2,(H,21,22). The van der Waals surface area contributed by atoms with Gasteiger partial charge in [-0.2, -0.15) is 0 Å². The van der Waals surface area contributed by atoms with Gasteiger partial charge in [-0.25, -0.2) is 0 Å². The number of carboxylic acids is 1. The molecule has 0 aromatic carbocycles. The summed E-state index contributed by atoms with van der Waals surface area (Å²) in [4.78, 5) is 24.4. The number of carbonyl (C=O) groups excluding carboxylic acids is 1. The zero-order valence-corrected chi connectivity index (χ0v) is 13.8. The van der Waals surface area contributed by atoms with E-state index in [4.69, 9.17) is 16.6 Å². The van der Waals surface area contributed by atoms with Gasteiger partial charge in [0, 0.05) is 25.9 Å². The number of nitrogens with two attached hydrogens (primary N) is 2. The van der Waals surface area contributed by atoms with E-state index >= 15 is 0 Å². The largest absolute Gasteiger partial charge is 0.481 e. The van der Waals surface area contributed by atoms with Crippen molar-refractivity contribution in [2.24, 2.45) is 11.5 Å². The first kappa shape index (κ1) is 20.9. The molecule has 0 aliphatic rings. The minimum atomic E-state index is -0.848. The van der Waals surface area contributed by atoms with Gasteiger partial charge in [0.05, 0.1) is 0 Å². The number of unbranched alkanes of at least 4 members (excludes halogenated alkanes) is 5. The van der Waals surface area contributed by atoms with E-state index in [2.05, 4.69) is 0 Å². The van der Waals surface area contributed by atoms with Crippen molar-refractivity contribution >= 4 is 11.9 Å². The van der Waals surface area contributed by atoms with Gasteiger partial charge in [-0.1, -0.05) is 25.7 Å². The molecule has 0 rings (SSSR count). The number of hydrogen-bond donors (Lipinski definition) is 3. The highest BCUT2D eigenvalue weighted by atomic mass is 16.4. The smallest absolute Gasteiger partial charge is 0.303 e. The maximum absolute atomic E-state index is 12.1. The molecule has 0 aliphatic heterocycles. The van der Waals surface area contributed by atoms with Gasteiger partial charge in [0.25, 0.3) is 0 Å². The third-order valence-electron chi connectivity index (χ3n) is 3.65. The van der Waals surface area contributed by atoms with Gasteiger partial charge in [0.15, 0.2) is 0 Å². The molecule has 0 aromatic rings. The van der Waals surface area contributed by atoms with Gasteiger partial charge in [-0.05, 0) is 38.8 Å². The van der Waals surface area contributed by atoms with Crippen LogP contribution in [0.15, 0.2) is 0 Å². The van der Waals surface area contributed by atoms with Crippen molar-refractivity contribution < 1.29 is 14.7 Å². The molecular formula is C16H33N3O3. The summed E-state index contributed by atoms with van der Waals surface area (Å²) < 4.78 is 0. The Labute approximate surface area is 134 Å².